The molecule has 1 unspecified atom stereocenters. The van der Waals surface area contributed by atoms with E-state index in [2.05, 4.69) is 4.90 Å². The predicted octanol–water partition coefficient (Wildman–Crippen LogP) is 3.48. The third-order valence-electron chi connectivity index (χ3n) is 4.35. The first-order valence-corrected chi connectivity index (χ1v) is 7.47. The van der Waals surface area contributed by atoms with Crippen LogP contribution >= 0.6 is 0 Å². The standard InChI is InChI=1S/C16H24F2N2/c1-20(11-12-5-3-2-4-6-12)16(10-19)14-8-7-13(17)9-15(14)18/h7-9,12,16H,2-6,10-11,19H2,1H3. The maximum atomic E-state index is 13.9. The third-order valence-corrected chi connectivity index (χ3v) is 4.35. The Balaban J connectivity index is 2.06. The quantitative estimate of drug-likeness (QED) is 0.896. The van der Waals surface area contributed by atoms with Crippen molar-refractivity contribution >= 4 is 0 Å². The molecule has 20 heavy (non-hydrogen) atoms. The fourth-order valence-electron chi connectivity index (χ4n) is 3.22. The second kappa shape index (κ2) is 7.14. The number of nitrogens with two attached hydrogens (primary N) is 1. The Bertz CT molecular complexity index is 430. The van der Waals surface area contributed by atoms with E-state index in [1.165, 1.54) is 44.2 Å². The SMILES string of the molecule is CN(CC1CCCCC1)C(CN)c1ccc(F)cc1F. The summed E-state index contributed by atoms with van der Waals surface area (Å²) < 4.78 is 26.9. The molecule has 1 fully saturated rings. The van der Waals surface area contributed by atoms with Gasteiger partial charge in [0.2, 0.25) is 0 Å². The molecule has 1 atom stereocenters. The van der Waals surface area contributed by atoms with Gasteiger partial charge in [-0.2, -0.15) is 0 Å². The first-order chi connectivity index (χ1) is 9.61. The number of rotatable bonds is 5. The van der Waals surface area contributed by atoms with Crippen LogP contribution in [0.5, 0.6) is 0 Å². The molecule has 0 bridgehead atoms. The van der Waals surface area contributed by atoms with Gasteiger partial charge < -0.3 is 5.73 Å². The fraction of sp³-hybridized carbons (Fsp3) is 0.625. The summed E-state index contributed by atoms with van der Waals surface area (Å²) in [5, 5.41) is 0. The molecule has 0 aliphatic heterocycles. The molecular weight excluding hydrogens is 258 g/mol. The van der Waals surface area contributed by atoms with E-state index < -0.39 is 11.6 Å². The molecular formula is C16H24F2N2. The molecule has 2 nitrogen and oxygen atoms in total. The monoisotopic (exact) mass is 282 g/mol. The van der Waals surface area contributed by atoms with Gasteiger partial charge in [-0.3, -0.25) is 4.90 Å². The van der Waals surface area contributed by atoms with E-state index in [9.17, 15) is 8.78 Å². The van der Waals surface area contributed by atoms with Gasteiger partial charge >= 0.3 is 0 Å². The van der Waals surface area contributed by atoms with Gasteiger partial charge in [0.05, 0.1) is 0 Å². The normalized spacial score (nSPS) is 18.4. The van der Waals surface area contributed by atoms with Crippen molar-refractivity contribution < 1.29 is 8.78 Å². The van der Waals surface area contributed by atoms with Crippen molar-refractivity contribution in [3.8, 4) is 0 Å². The molecule has 2 rings (SSSR count). The van der Waals surface area contributed by atoms with Crippen LogP contribution in [-0.4, -0.2) is 25.0 Å². The summed E-state index contributed by atoms with van der Waals surface area (Å²) in [6, 6.07) is 3.57. The van der Waals surface area contributed by atoms with E-state index >= 15 is 0 Å². The van der Waals surface area contributed by atoms with Crippen molar-refractivity contribution in [2.45, 2.75) is 38.1 Å². The summed E-state index contributed by atoms with van der Waals surface area (Å²) in [6.07, 6.45) is 6.39. The van der Waals surface area contributed by atoms with Crippen LogP contribution in [0.3, 0.4) is 0 Å². The number of halogens is 2. The van der Waals surface area contributed by atoms with Gasteiger partial charge in [0.25, 0.3) is 0 Å². The van der Waals surface area contributed by atoms with Crippen molar-refractivity contribution in [3.63, 3.8) is 0 Å². The van der Waals surface area contributed by atoms with Gasteiger partial charge in [-0.25, -0.2) is 8.78 Å². The van der Waals surface area contributed by atoms with Crippen molar-refractivity contribution in [1.82, 2.24) is 4.90 Å². The largest absolute Gasteiger partial charge is 0.329 e. The zero-order valence-electron chi connectivity index (χ0n) is 12.1. The number of likely N-dealkylation sites (N-methyl/N-ethyl adjacent to an activating group) is 1. The van der Waals surface area contributed by atoms with Crippen molar-refractivity contribution in [1.29, 1.82) is 0 Å². The average Bonchev–Trinajstić information content (AvgIpc) is 2.43. The average molecular weight is 282 g/mol. The van der Waals surface area contributed by atoms with Crippen LogP contribution in [0.2, 0.25) is 0 Å². The Morgan fingerprint density at radius 1 is 1.25 bits per heavy atom. The Labute approximate surface area is 120 Å². The van der Waals surface area contributed by atoms with Gasteiger partial charge in [0, 0.05) is 30.8 Å². The van der Waals surface area contributed by atoms with Crippen LogP contribution in [0, 0.1) is 17.6 Å². The summed E-state index contributed by atoms with van der Waals surface area (Å²) in [6.45, 7) is 1.27. The predicted molar refractivity (Wildman–Crippen MR) is 77.4 cm³/mol. The number of nitrogens with zero attached hydrogens (tertiary/aromatic N) is 1. The Kier molecular flexibility index (Phi) is 5.49. The minimum atomic E-state index is -0.544. The highest BCUT2D eigenvalue weighted by Crippen LogP contribution is 2.28. The smallest absolute Gasteiger partial charge is 0.130 e. The lowest BCUT2D eigenvalue weighted by Gasteiger charge is -2.32. The Hall–Kier alpha value is -1.00. The molecule has 112 valence electrons. The van der Waals surface area contributed by atoms with E-state index in [-0.39, 0.29) is 6.04 Å². The summed E-state index contributed by atoms with van der Waals surface area (Å²) >= 11 is 0. The van der Waals surface area contributed by atoms with Gasteiger partial charge in [-0.15, -0.1) is 0 Å². The van der Waals surface area contributed by atoms with E-state index in [0.29, 0.717) is 18.0 Å². The highest BCUT2D eigenvalue weighted by Gasteiger charge is 2.23. The summed E-state index contributed by atoms with van der Waals surface area (Å²) in [5.41, 5.74) is 6.31. The lowest BCUT2D eigenvalue weighted by molar-refractivity contribution is 0.183. The zero-order chi connectivity index (χ0) is 14.5. The van der Waals surface area contributed by atoms with Gasteiger partial charge in [-0.05, 0) is 31.9 Å². The van der Waals surface area contributed by atoms with Crippen LogP contribution in [-0.2, 0) is 0 Å². The van der Waals surface area contributed by atoms with Crippen LogP contribution in [0.1, 0.15) is 43.7 Å². The van der Waals surface area contributed by atoms with Crippen molar-refractivity contribution in [2.75, 3.05) is 20.1 Å². The van der Waals surface area contributed by atoms with Crippen molar-refractivity contribution in [2.24, 2.45) is 11.7 Å². The molecule has 1 aliphatic rings. The maximum Gasteiger partial charge on any atom is 0.130 e. The molecule has 0 heterocycles. The number of hydrogen-bond acceptors (Lipinski definition) is 2. The summed E-state index contributed by atoms with van der Waals surface area (Å²) in [4.78, 5) is 2.12. The van der Waals surface area contributed by atoms with Crippen LogP contribution in [0.25, 0.3) is 0 Å². The highest BCUT2D eigenvalue weighted by molar-refractivity contribution is 5.22. The van der Waals surface area contributed by atoms with E-state index in [0.717, 1.165) is 12.6 Å². The lowest BCUT2D eigenvalue weighted by Crippen LogP contribution is -2.35. The zero-order valence-corrected chi connectivity index (χ0v) is 12.1. The second-order valence-corrected chi connectivity index (χ2v) is 5.86. The molecule has 0 saturated heterocycles. The topological polar surface area (TPSA) is 29.3 Å². The third kappa shape index (κ3) is 3.76. The molecule has 0 aromatic heterocycles. The molecule has 1 aromatic carbocycles. The number of benzene rings is 1. The lowest BCUT2D eigenvalue weighted by atomic mass is 9.88. The first-order valence-electron chi connectivity index (χ1n) is 7.47. The minimum Gasteiger partial charge on any atom is -0.329 e. The van der Waals surface area contributed by atoms with Crippen LogP contribution in [0.15, 0.2) is 18.2 Å². The van der Waals surface area contributed by atoms with Crippen LogP contribution < -0.4 is 5.73 Å². The van der Waals surface area contributed by atoms with Crippen molar-refractivity contribution in [3.05, 3.63) is 35.4 Å². The van der Waals surface area contributed by atoms with E-state index in [1.54, 1.807) is 0 Å². The van der Waals surface area contributed by atoms with Gasteiger partial charge in [0.15, 0.2) is 0 Å². The van der Waals surface area contributed by atoms with Gasteiger partial charge in [0.1, 0.15) is 11.6 Å². The van der Waals surface area contributed by atoms with Crippen LogP contribution in [0.4, 0.5) is 8.78 Å². The summed E-state index contributed by atoms with van der Waals surface area (Å²) in [7, 11) is 1.98. The molecule has 4 heteroatoms. The summed E-state index contributed by atoms with van der Waals surface area (Å²) in [5.74, 6) is -0.376. The molecule has 0 amide bonds. The maximum absolute atomic E-state index is 13.9. The Morgan fingerprint density at radius 3 is 2.55 bits per heavy atom. The Morgan fingerprint density at radius 2 is 1.95 bits per heavy atom. The molecule has 1 aromatic rings. The minimum absolute atomic E-state index is 0.183. The molecule has 1 aliphatic carbocycles. The van der Waals surface area contributed by atoms with Gasteiger partial charge in [-0.1, -0.05) is 25.3 Å². The molecule has 0 spiro atoms. The molecule has 0 radical (unpaired) electrons. The first kappa shape index (κ1) is 15.4. The molecule has 1 saturated carbocycles. The molecule has 2 N–H and O–H groups in total. The van der Waals surface area contributed by atoms with E-state index in [1.807, 2.05) is 7.05 Å². The second-order valence-electron chi connectivity index (χ2n) is 5.86. The number of hydrogen-bond donors (Lipinski definition) is 1. The highest BCUT2D eigenvalue weighted by atomic mass is 19.1. The fourth-order valence-corrected chi connectivity index (χ4v) is 3.22. The van der Waals surface area contributed by atoms with E-state index in [4.69, 9.17) is 5.73 Å².